The standard InChI is InChI=1S/C8H18N2O2/c1-6(2)8(10,5-12-3)4-7(9)11/h6H,4-5,10H2,1-3H3,(H2,9,11). The molecule has 4 N–H and O–H groups in total. The van der Waals surface area contributed by atoms with Crippen molar-refractivity contribution in [3.05, 3.63) is 0 Å². The molecule has 1 amide bonds. The van der Waals surface area contributed by atoms with Crippen LogP contribution in [0.15, 0.2) is 0 Å². The Morgan fingerprint density at radius 3 is 2.33 bits per heavy atom. The Morgan fingerprint density at radius 1 is 1.58 bits per heavy atom. The molecule has 4 nitrogen and oxygen atoms in total. The van der Waals surface area contributed by atoms with Crippen LogP contribution in [0.1, 0.15) is 20.3 Å². The molecule has 0 fully saturated rings. The number of carbonyl (C=O) groups excluding carboxylic acids is 1. The molecule has 0 aromatic heterocycles. The SMILES string of the molecule is COCC(N)(CC(N)=O)C(C)C. The molecule has 0 bridgehead atoms. The van der Waals surface area contributed by atoms with E-state index in [1.165, 1.54) is 0 Å². The number of methoxy groups -OCH3 is 1. The summed E-state index contributed by atoms with van der Waals surface area (Å²) >= 11 is 0. The highest BCUT2D eigenvalue weighted by molar-refractivity contribution is 5.75. The van der Waals surface area contributed by atoms with E-state index < -0.39 is 5.54 Å². The van der Waals surface area contributed by atoms with Gasteiger partial charge in [-0.25, -0.2) is 0 Å². The van der Waals surface area contributed by atoms with E-state index in [0.29, 0.717) is 6.61 Å². The molecule has 0 spiro atoms. The molecule has 0 aromatic rings. The minimum atomic E-state index is -0.624. The van der Waals surface area contributed by atoms with Gasteiger partial charge in [-0.3, -0.25) is 4.79 Å². The van der Waals surface area contributed by atoms with Gasteiger partial charge >= 0.3 is 0 Å². The maximum atomic E-state index is 10.7. The minimum Gasteiger partial charge on any atom is -0.383 e. The summed E-state index contributed by atoms with van der Waals surface area (Å²) in [5.41, 5.74) is 10.4. The third-order valence-corrected chi connectivity index (χ3v) is 2.07. The van der Waals surface area contributed by atoms with Gasteiger partial charge in [0.05, 0.1) is 12.1 Å². The molecule has 0 aromatic carbocycles. The van der Waals surface area contributed by atoms with Crippen molar-refractivity contribution < 1.29 is 9.53 Å². The van der Waals surface area contributed by atoms with E-state index >= 15 is 0 Å². The predicted octanol–water partition coefficient (Wildman–Crippen LogP) is -0.138. The van der Waals surface area contributed by atoms with Crippen molar-refractivity contribution in [2.45, 2.75) is 25.8 Å². The maximum Gasteiger partial charge on any atom is 0.219 e. The fourth-order valence-electron chi connectivity index (χ4n) is 1.01. The Morgan fingerprint density at radius 2 is 2.08 bits per heavy atom. The molecular weight excluding hydrogens is 156 g/mol. The summed E-state index contributed by atoms with van der Waals surface area (Å²) in [5.74, 6) is -0.215. The molecule has 1 atom stereocenters. The van der Waals surface area contributed by atoms with E-state index in [9.17, 15) is 4.79 Å². The zero-order valence-corrected chi connectivity index (χ0v) is 7.96. The van der Waals surface area contributed by atoms with Crippen LogP contribution in [-0.4, -0.2) is 25.2 Å². The predicted molar refractivity (Wildman–Crippen MR) is 47.4 cm³/mol. The molecular formula is C8H18N2O2. The first kappa shape index (κ1) is 11.4. The van der Waals surface area contributed by atoms with Gasteiger partial charge in [0.15, 0.2) is 0 Å². The summed E-state index contributed by atoms with van der Waals surface area (Å²) in [4.78, 5) is 10.7. The molecule has 0 aliphatic rings. The fourth-order valence-corrected chi connectivity index (χ4v) is 1.01. The molecule has 0 heterocycles. The molecule has 72 valence electrons. The largest absolute Gasteiger partial charge is 0.383 e. The van der Waals surface area contributed by atoms with Crippen LogP contribution in [0.3, 0.4) is 0 Å². The van der Waals surface area contributed by atoms with Gasteiger partial charge in [0, 0.05) is 13.5 Å². The topological polar surface area (TPSA) is 78.3 Å². The van der Waals surface area contributed by atoms with Crippen LogP contribution >= 0.6 is 0 Å². The van der Waals surface area contributed by atoms with Crippen LogP contribution in [0.4, 0.5) is 0 Å². The second kappa shape index (κ2) is 4.42. The lowest BCUT2D eigenvalue weighted by Crippen LogP contribution is -2.51. The Bertz CT molecular complexity index is 159. The zero-order chi connectivity index (χ0) is 9.78. The van der Waals surface area contributed by atoms with Crippen molar-refractivity contribution in [1.29, 1.82) is 0 Å². The van der Waals surface area contributed by atoms with Gasteiger partial charge in [-0.05, 0) is 5.92 Å². The van der Waals surface area contributed by atoms with E-state index in [1.807, 2.05) is 13.8 Å². The molecule has 0 saturated carbocycles. The maximum absolute atomic E-state index is 10.7. The third-order valence-electron chi connectivity index (χ3n) is 2.07. The van der Waals surface area contributed by atoms with Crippen LogP contribution in [0.25, 0.3) is 0 Å². The number of ether oxygens (including phenoxy) is 1. The van der Waals surface area contributed by atoms with E-state index in [0.717, 1.165) is 0 Å². The van der Waals surface area contributed by atoms with Crippen LogP contribution in [0, 0.1) is 5.92 Å². The van der Waals surface area contributed by atoms with Crippen molar-refractivity contribution in [3.63, 3.8) is 0 Å². The first-order valence-corrected chi connectivity index (χ1v) is 3.98. The van der Waals surface area contributed by atoms with Gasteiger partial charge in [0.2, 0.25) is 5.91 Å². The van der Waals surface area contributed by atoms with Crippen molar-refractivity contribution in [2.75, 3.05) is 13.7 Å². The first-order valence-electron chi connectivity index (χ1n) is 3.98. The second-order valence-electron chi connectivity index (χ2n) is 3.46. The number of primary amides is 1. The lowest BCUT2D eigenvalue weighted by atomic mass is 9.85. The molecule has 1 unspecified atom stereocenters. The van der Waals surface area contributed by atoms with E-state index in [1.54, 1.807) is 7.11 Å². The van der Waals surface area contributed by atoms with Crippen molar-refractivity contribution in [2.24, 2.45) is 17.4 Å². The lowest BCUT2D eigenvalue weighted by molar-refractivity contribution is -0.120. The Kier molecular flexibility index (Phi) is 4.20. The monoisotopic (exact) mass is 174 g/mol. The van der Waals surface area contributed by atoms with Gasteiger partial charge in [-0.2, -0.15) is 0 Å². The van der Waals surface area contributed by atoms with Gasteiger partial charge in [-0.15, -0.1) is 0 Å². The Balaban J connectivity index is 4.28. The van der Waals surface area contributed by atoms with Crippen LogP contribution in [-0.2, 0) is 9.53 Å². The highest BCUT2D eigenvalue weighted by atomic mass is 16.5. The molecule has 0 rings (SSSR count). The number of carbonyl (C=O) groups is 1. The summed E-state index contributed by atoms with van der Waals surface area (Å²) in [6, 6.07) is 0. The summed E-state index contributed by atoms with van der Waals surface area (Å²) in [6.07, 6.45) is 0.165. The van der Waals surface area contributed by atoms with Crippen molar-refractivity contribution in [3.8, 4) is 0 Å². The van der Waals surface area contributed by atoms with Gasteiger partial charge in [0.25, 0.3) is 0 Å². The number of amides is 1. The second-order valence-corrected chi connectivity index (χ2v) is 3.46. The number of nitrogens with two attached hydrogens (primary N) is 2. The molecule has 12 heavy (non-hydrogen) atoms. The molecule has 0 aliphatic heterocycles. The summed E-state index contributed by atoms with van der Waals surface area (Å²) in [5, 5.41) is 0. The van der Waals surface area contributed by atoms with Crippen molar-refractivity contribution in [1.82, 2.24) is 0 Å². The van der Waals surface area contributed by atoms with E-state index in [2.05, 4.69) is 0 Å². The average molecular weight is 174 g/mol. The smallest absolute Gasteiger partial charge is 0.219 e. The van der Waals surface area contributed by atoms with E-state index in [-0.39, 0.29) is 18.2 Å². The normalized spacial score (nSPS) is 16.1. The Hall–Kier alpha value is -0.610. The van der Waals surface area contributed by atoms with Gasteiger partial charge in [-0.1, -0.05) is 13.8 Å². The van der Waals surface area contributed by atoms with Gasteiger partial charge in [0.1, 0.15) is 0 Å². The third kappa shape index (κ3) is 3.19. The number of hydrogen-bond donors (Lipinski definition) is 2. The molecule has 0 saturated heterocycles. The Labute approximate surface area is 73.2 Å². The van der Waals surface area contributed by atoms with Crippen LogP contribution in [0.2, 0.25) is 0 Å². The average Bonchev–Trinajstić information content (AvgIpc) is 1.85. The summed E-state index contributed by atoms with van der Waals surface area (Å²) < 4.78 is 4.94. The highest BCUT2D eigenvalue weighted by Crippen LogP contribution is 2.17. The first-order chi connectivity index (χ1) is 5.42. The zero-order valence-electron chi connectivity index (χ0n) is 7.96. The molecule has 4 heteroatoms. The van der Waals surface area contributed by atoms with E-state index in [4.69, 9.17) is 16.2 Å². The summed E-state index contributed by atoms with van der Waals surface area (Å²) in [6.45, 7) is 4.25. The molecule has 0 aliphatic carbocycles. The summed E-state index contributed by atoms with van der Waals surface area (Å²) in [7, 11) is 1.56. The number of hydrogen-bond acceptors (Lipinski definition) is 3. The van der Waals surface area contributed by atoms with Gasteiger partial charge < -0.3 is 16.2 Å². The highest BCUT2D eigenvalue weighted by Gasteiger charge is 2.30. The number of rotatable bonds is 5. The fraction of sp³-hybridized carbons (Fsp3) is 0.875. The molecule has 0 radical (unpaired) electrons. The minimum absolute atomic E-state index is 0.165. The lowest BCUT2D eigenvalue weighted by Gasteiger charge is -2.31. The van der Waals surface area contributed by atoms with Crippen molar-refractivity contribution >= 4 is 5.91 Å². The quantitative estimate of drug-likeness (QED) is 0.609. The van der Waals surface area contributed by atoms with Crippen LogP contribution < -0.4 is 11.5 Å². The van der Waals surface area contributed by atoms with Crippen LogP contribution in [0.5, 0.6) is 0 Å².